The van der Waals surface area contributed by atoms with Gasteiger partial charge in [0.05, 0.1) is 12.3 Å². The summed E-state index contributed by atoms with van der Waals surface area (Å²) in [6, 6.07) is 0.257. The molecule has 15 heavy (non-hydrogen) atoms. The van der Waals surface area contributed by atoms with E-state index >= 15 is 0 Å². The maximum absolute atomic E-state index is 9.71. The van der Waals surface area contributed by atoms with Crippen molar-refractivity contribution in [3.63, 3.8) is 0 Å². The zero-order valence-corrected chi connectivity index (χ0v) is 9.35. The molecule has 0 saturated heterocycles. The molecule has 0 aromatic carbocycles. The molecular formula is C11H19N3O. The minimum atomic E-state index is -0.177. The van der Waals surface area contributed by atoms with Crippen molar-refractivity contribution < 1.29 is 5.11 Å². The number of aliphatic hydroxyl groups is 1. The SMILES string of the molecule is CC(NCC(O)C1CC1)c1cnn(C)c1. The van der Waals surface area contributed by atoms with E-state index < -0.39 is 0 Å². The van der Waals surface area contributed by atoms with Gasteiger partial charge in [0.1, 0.15) is 0 Å². The standard InChI is InChI=1S/C11H19N3O/c1-8(10-5-13-14(2)7-10)12-6-11(15)9-3-4-9/h5,7-9,11-12,15H,3-4,6H2,1-2H3. The van der Waals surface area contributed by atoms with Gasteiger partial charge in [-0.2, -0.15) is 5.10 Å². The van der Waals surface area contributed by atoms with Crippen LogP contribution in [0.2, 0.25) is 0 Å². The summed E-state index contributed by atoms with van der Waals surface area (Å²) in [4.78, 5) is 0. The lowest BCUT2D eigenvalue weighted by Gasteiger charge is -2.15. The summed E-state index contributed by atoms with van der Waals surface area (Å²) in [7, 11) is 1.91. The minimum absolute atomic E-state index is 0.177. The molecule has 4 nitrogen and oxygen atoms in total. The van der Waals surface area contributed by atoms with Crippen LogP contribution in [0.15, 0.2) is 12.4 Å². The normalized spacial score (nSPS) is 20.2. The van der Waals surface area contributed by atoms with E-state index in [1.165, 1.54) is 18.4 Å². The highest BCUT2D eigenvalue weighted by atomic mass is 16.3. The van der Waals surface area contributed by atoms with E-state index in [0.717, 1.165) is 0 Å². The van der Waals surface area contributed by atoms with Crippen LogP contribution in [0.3, 0.4) is 0 Å². The van der Waals surface area contributed by atoms with Gasteiger partial charge in [-0.05, 0) is 25.7 Å². The van der Waals surface area contributed by atoms with Gasteiger partial charge in [0.25, 0.3) is 0 Å². The van der Waals surface area contributed by atoms with Crippen molar-refractivity contribution in [1.29, 1.82) is 0 Å². The molecule has 0 spiro atoms. The van der Waals surface area contributed by atoms with Crippen LogP contribution in [-0.4, -0.2) is 27.5 Å². The van der Waals surface area contributed by atoms with Gasteiger partial charge in [0, 0.05) is 31.4 Å². The Morgan fingerprint density at radius 1 is 1.67 bits per heavy atom. The molecule has 0 radical (unpaired) electrons. The lowest BCUT2D eigenvalue weighted by atomic mass is 10.1. The summed E-state index contributed by atoms with van der Waals surface area (Å²) in [5.41, 5.74) is 1.17. The molecule has 1 fully saturated rings. The molecule has 1 aliphatic carbocycles. The molecule has 2 atom stereocenters. The Kier molecular flexibility index (Phi) is 3.07. The second-order valence-corrected chi connectivity index (χ2v) is 4.48. The summed E-state index contributed by atoms with van der Waals surface area (Å²) < 4.78 is 1.80. The van der Waals surface area contributed by atoms with Crippen molar-refractivity contribution in [2.24, 2.45) is 13.0 Å². The molecular weight excluding hydrogens is 190 g/mol. The minimum Gasteiger partial charge on any atom is -0.392 e. The first-order chi connectivity index (χ1) is 7.16. The topological polar surface area (TPSA) is 50.1 Å². The van der Waals surface area contributed by atoms with E-state index in [1.54, 1.807) is 4.68 Å². The Hall–Kier alpha value is -0.870. The molecule has 2 rings (SSSR count). The fourth-order valence-corrected chi connectivity index (χ4v) is 1.73. The molecule has 2 N–H and O–H groups in total. The molecule has 0 bridgehead atoms. The maximum atomic E-state index is 9.71. The van der Waals surface area contributed by atoms with Crippen molar-refractivity contribution >= 4 is 0 Å². The zero-order chi connectivity index (χ0) is 10.8. The molecule has 1 aromatic rings. The molecule has 1 aromatic heterocycles. The zero-order valence-electron chi connectivity index (χ0n) is 9.35. The van der Waals surface area contributed by atoms with Gasteiger partial charge < -0.3 is 10.4 Å². The molecule has 0 aliphatic heterocycles. The fourth-order valence-electron chi connectivity index (χ4n) is 1.73. The molecule has 0 amide bonds. The lowest BCUT2D eigenvalue weighted by molar-refractivity contribution is 0.145. The molecule has 1 aliphatic rings. The number of hydrogen-bond acceptors (Lipinski definition) is 3. The first-order valence-corrected chi connectivity index (χ1v) is 5.57. The van der Waals surface area contributed by atoms with Crippen LogP contribution in [0.5, 0.6) is 0 Å². The highest BCUT2D eigenvalue weighted by molar-refractivity contribution is 5.08. The average molecular weight is 209 g/mol. The third-order valence-electron chi connectivity index (χ3n) is 3.02. The number of rotatable bonds is 5. The molecule has 84 valence electrons. The van der Waals surface area contributed by atoms with Gasteiger partial charge in [-0.15, -0.1) is 0 Å². The highest BCUT2D eigenvalue weighted by Crippen LogP contribution is 2.32. The van der Waals surface area contributed by atoms with Crippen molar-refractivity contribution in [1.82, 2.24) is 15.1 Å². The predicted molar refractivity (Wildman–Crippen MR) is 58.4 cm³/mol. The van der Waals surface area contributed by atoms with Gasteiger partial charge in [0.2, 0.25) is 0 Å². The molecule has 1 saturated carbocycles. The largest absolute Gasteiger partial charge is 0.392 e. The van der Waals surface area contributed by atoms with Crippen molar-refractivity contribution in [2.45, 2.75) is 31.9 Å². The van der Waals surface area contributed by atoms with E-state index in [-0.39, 0.29) is 12.1 Å². The summed E-state index contributed by atoms with van der Waals surface area (Å²) in [6.45, 7) is 2.78. The second kappa shape index (κ2) is 4.33. The summed E-state index contributed by atoms with van der Waals surface area (Å²) >= 11 is 0. The number of aliphatic hydroxyl groups excluding tert-OH is 1. The Labute approximate surface area is 90.3 Å². The van der Waals surface area contributed by atoms with E-state index in [1.807, 2.05) is 19.4 Å². The summed E-state index contributed by atoms with van der Waals surface area (Å²) in [5.74, 6) is 0.540. The van der Waals surface area contributed by atoms with Gasteiger partial charge in [0.15, 0.2) is 0 Å². The van der Waals surface area contributed by atoms with E-state index in [2.05, 4.69) is 17.3 Å². The van der Waals surface area contributed by atoms with Gasteiger partial charge in [-0.1, -0.05) is 0 Å². The second-order valence-electron chi connectivity index (χ2n) is 4.48. The molecule has 4 heteroatoms. The first kappa shape index (κ1) is 10.6. The number of aryl methyl sites for hydroxylation is 1. The van der Waals surface area contributed by atoms with Crippen molar-refractivity contribution in [3.8, 4) is 0 Å². The smallest absolute Gasteiger partial charge is 0.0692 e. The highest BCUT2D eigenvalue weighted by Gasteiger charge is 2.29. The lowest BCUT2D eigenvalue weighted by Crippen LogP contribution is -2.30. The Bertz CT molecular complexity index is 319. The van der Waals surface area contributed by atoms with Crippen LogP contribution >= 0.6 is 0 Å². The van der Waals surface area contributed by atoms with E-state index in [4.69, 9.17) is 0 Å². The van der Waals surface area contributed by atoms with Crippen LogP contribution < -0.4 is 5.32 Å². The molecule has 2 unspecified atom stereocenters. The fraction of sp³-hybridized carbons (Fsp3) is 0.727. The molecule has 1 heterocycles. The summed E-state index contributed by atoms with van der Waals surface area (Å²) in [6.07, 6.45) is 6.06. The Morgan fingerprint density at radius 2 is 2.40 bits per heavy atom. The third kappa shape index (κ3) is 2.79. The van der Waals surface area contributed by atoms with E-state index in [0.29, 0.717) is 12.5 Å². The van der Waals surface area contributed by atoms with Crippen LogP contribution in [0.1, 0.15) is 31.4 Å². The monoisotopic (exact) mass is 209 g/mol. The van der Waals surface area contributed by atoms with Gasteiger partial charge >= 0.3 is 0 Å². The quantitative estimate of drug-likeness (QED) is 0.755. The van der Waals surface area contributed by atoms with Crippen LogP contribution in [-0.2, 0) is 7.05 Å². The number of aromatic nitrogens is 2. The summed E-state index contributed by atoms with van der Waals surface area (Å²) in [5, 5.41) is 17.2. The van der Waals surface area contributed by atoms with Crippen molar-refractivity contribution in [2.75, 3.05) is 6.54 Å². The number of nitrogens with one attached hydrogen (secondary N) is 1. The predicted octanol–water partition coefficient (Wildman–Crippen LogP) is 0.842. The number of hydrogen-bond donors (Lipinski definition) is 2. The maximum Gasteiger partial charge on any atom is 0.0692 e. The first-order valence-electron chi connectivity index (χ1n) is 5.57. The van der Waals surface area contributed by atoms with Crippen LogP contribution in [0.25, 0.3) is 0 Å². The Morgan fingerprint density at radius 3 is 2.93 bits per heavy atom. The van der Waals surface area contributed by atoms with Gasteiger partial charge in [-0.3, -0.25) is 4.68 Å². The number of nitrogens with zero attached hydrogens (tertiary/aromatic N) is 2. The average Bonchev–Trinajstić information content (AvgIpc) is 2.97. The van der Waals surface area contributed by atoms with E-state index in [9.17, 15) is 5.11 Å². The van der Waals surface area contributed by atoms with Crippen LogP contribution in [0, 0.1) is 5.92 Å². The third-order valence-corrected chi connectivity index (χ3v) is 3.02. The van der Waals surface area contributed by atoms with Crippen LogP contribution in [0.4, 0.5) is 0 Å². The Balaban J connectivity index is 1.78. The van der Waals surface area contributed by atoms with Gasteiger partial charge in [-0.25, -0.2) is 0 Å². The van der Waals surface area contributed by atoms with Crippen molar-refractivity contribution in [3.05, 3.63) is 18.0 Å².